The summed E-state index contributed by atoms with van der Waals surface area (Å²) in [7, 11) is 3.38. The summed E-state index contributed by atoms with van der Waals surface area (Å²) in [5, 5.41) is 3.34. The van der Waals surface area contributed by atoms with E-state index in [4.69, 9.17) is 0 Å². The summed E-state index contributed by atoms with van der Waals surface area (Å²) in [6.45, 7) is 1.51. The number of carbonyl (C=O) groups is 1. The van der Waals surface area contributed by atoms with E-state index in [-0.39, 0.29) is 5.97 Å². The molecule has 0 spiro atoms. The van der Waals surface area contributed by atoms with Gasteiger partial charge in [-0.15, -0.1) is 11.3 Å². The Hall–Kier alpha value is -1.66. The summed E-state index contributed by atoms with van der Waals surface area (Å²) < 4.78 is 6.64. The van der Waals surface area contributed by atoms with E-state index in [1.54, 1.807) is 17.5 Å². The topological polar surface area (TPSA) is 56.1 Å². The van der Waals surface area contributed by atoms with Crippen LogP contribution in [0.4, 0.5) is 0 Å². The minimum Gasteiger partial charge on any atom is -0.469 e. The highest BCUT2D eigenvalue weighted by molar-refractivity contribution is 7.12. The van der Waals surface area contributed by atoms with Crippen LogP contribution in [0.15, 0.2) is 24.5 Å². The van der Waals surface area contributed by atoms with Gasteiger partial charge in [0.25, 0.3) is 0 Å². The van der Waals surface area contributed by atoms with E-state index in [0.717, 1.165) is 23.8 Å². The monoisotopic (exact) mass is 279 g/mol. The zero-order chi connectivity index (χ0) is 13.7. The van der Waals surface area contributed by atoms with Gasteiger partial charge in [-0.3, -0.25) is 4.79 Å². The number of nitrogens with zero attached hydrogens (tertiary/aromatic N) is 2. The maximum atomic E-state index is 11.2. The molecule has 5 nitrogen and oxygen atoms in total. The first-order valence-electron chi connectivity index (χ1n) is 6.00. The standard InChI is InChI=1S/C13H17N3O2S/c1-16-6-5-15-12(16)9-14-8-11-4-3-10(19-11)7-13(17)18-2/h3-6,14H,7-9H2,1-2H3. The number of hydrogen-bond donors (Lipinski definition) is 1. The molecule has 102 valence electrons. The number of thiophene rings is 1. The maximum Gasteiger partial charge on any atom is 0.310 e. The van der Waals surface area contributed by atoms with Gasteiger partial charge in [0.05, 0.1) is 20.1 Å². The predicted octanol–water partition coefficient (Wildman–Crippen LogP) is 1.49. The van der Waals surface area contributed by atoms with Crippen LogP contribution in [0.25, 0.3) is 0 Å². The first-order chi connectivity index (χ1) is 9.19. The van der Waals surface area contributed by atoms with Gasteiger partial charge in [-0.05, 0) is 12.1 Å². The summed E-state index contributed by atoms with van der Waals surface area (Å²) in [5.74, 6) is 0.806. The first-order valence-corrected chi connectivity index (χ1v) is 6.82. The lowest BCUT2D eigenvalue weighted by molar-refractivity contribution is -0.139. The minimum atomic E-state index is -0.200. The number of methoxy groups -OCH3 is 1. The molecule has 0 aliphatic carbocycles. The van der Waals surface area contributed by atoms with Crippen molar-refractivity contribution in [1.29, 1.82) is 0 Å². The van der Waals surface area contributed by atoms with Crippen LogP contribution in [0.2, 0.25) is 0 Å². The van der Waals surface area contributed by atoms with Crippen molar-refractivity contribution in [1.82, 2.24) is 14.9 Å². The second-order valence-corrected chi connectivity index (χ2v) is 5.43. The molecule has 0 amide bonds. The van der Waals surface area contributed by atoms with Crippen molar-refractivity contribution in [3.8, 4) is 0 Å². The van der Waals surface area contributed by atoms with Gasteiger partial charge in [0.1, 0.15) is 5.82 Å². The number of carbonyl (C=O) groups excluding carboxylic acids is 1. The number of hydrogen-bond acceptors (Lipinski definition) is 5. The van der Waals surface area contributed by atoms with E-state index in [2.05, 4.69) is 15.0 Å². The van der Waals surface area contributed by atoms with Crippen molar-refractivity contribution in [2.75, 3.05) is 7.11 Å². The van der Waals surface area contributed by atoms with Crippen molar-refractivity contribution in [3.05, 3.63) is 40.1 Å². The Labute approximate surface area is 116 Å². The molecule has 0 aromatic carbocycles. The maximum absolute atomic E-state index is 11.2. The smallest absolute Gasteiger partial charge is 0.310 e. The number of nitrogens with one attached hydrogen (secondary N) is 1. The minimum absolute atomic E-state index is 0.200. The second kappa shape index (κ2) is 6.49. The van der Waals surface area contributed by atoms with E-state index < -0.39 is 0 Å². The van der Waals surface area contributed by atoms with Gasteiger partial charge in [0.15, 0.2) is 0 Å². The number of imidazole rings is 1. The molecule has 19 heavy (non-hydrogen) atoms. The van der Waals surface area contributed by atoms with Crippen molar-refractivity contribution in [3.63, 3.8) is 0 Å². The Balaban J connectivity index is 1.80. The average molecular weight is 279 g/mol. The highest BCUT2D eigenvalue weighted by Gasteiger charge is 2.06. The molecule has 0 fully saturated rings. The van der Waals surface area contributed by atoms with Crippen LogP contribution in [0, 0.1) is 0 Å². The molecule has 0 unspecified atom stereocenters. The lowest BCUT2D eigenvalue weighted by atomic mass is 10.3. The van der Waals surface area contributed by atoms with Crippen molar-refractivity contribution < 1.29 is 9.53 Å². The molecule has 6 heteroatoms. The fraction of sp³-hybridized carbons (Fsp3) is 0.385. The normalized spacial score (nSPS) is 10.6. The molecule has 2 aromatic heterocycles. The van der Waals surface area contributed by atoms with Crippen LogP contribution in [-0.2, 0) is 36.1 Å². The van der Waals surface area contributed by atoms with Crippen LogP contribution in [0.5, 0.6) is 0 Å². The van der Waals surface area contributed by atoms with Crippen LogP contribution < -0.4 is 5.32 Å². The highest BCUT2D eigenvalue weighted by atomic mass is 32.1. The molecule has 0 aliphatic heterocycles. The Morgan fingerprint density at radius 2 is 2.21 bits per heavy atom. The Morgan fingerprint density at radius 1 is 1.42 bits per heavy atom. The van der Waals surface area contributed by atoms with Gasteiger partial charge in [0, 0.05) is 35.7 Å². The molecule has 2 aromatic rings. The fourth-order valence-corrected chi connectivity index (χ4v) is 2.66. The van der Waals surface area contributed by atoms with Crippen molar-refractivity contribution in [2.45, 2.75) is 19.5 Å². The summed E-state index contributed by atoms with van der Waals surface area (Å²) in [6, 6.07) is 4.01. The van der Waals surface area contributed by atoms with Crippen LogP contribution in [-0.4, -0.2) is 22.6 Å². The molecule has 1 N–H and O–H groups in total. The SMILES string of the molecule is COC(=O)Cc1ccc(CNCc2nccn2C)s1. The summed E-state index contributed by atoms with van der Waals surface area (Å²) in [5.41, 5.74) is 0. The van der Waals surface area contributed by atoms with E-state index >= 15 is 0 Å². The van der Waals surface area contributed by atoms with Gasteiger partial charge < -0.3 is 14.6 Å². The summed E-state index contributed by atoms with van der Waals surface area (Å²) >= 11 is 1.63. The largest absolute Gasteiger partial charge is 0.469 e. The summed E-state index contributed by atoms with van der Waals surface area (Å²) in [6.07, 6.45) is 4.06. The Morgan fingerprint density at radius 3 is 2.89 bits per heavy atom. The molecule has 0 saturated carbocycles. The fourth-order valence-electron chi connectivity index (χ4n) is 1.69. The van der Waals surface area contributed by atoms with Gasteiger partial charge in [-0.1, -0.05) is 0 Å². The second-order valence-electron chi connectivity index (χ2n) is 4.18. The number of esters is 1. The molecule has 0 aliphatic rings. The van der Waals surface area contributed by atoms with E-state index in [1.165, 1.54) is 12.0 Å². The van der Waals surface area contributed by atoms with Gasteiger partial charge in [0.2, 0.25) is 0 Å². The Kier molecular flexibility index (Phi) is 4.70. The number of aryl methyl sites for hydroxylation is 1. The zero-order valence-corrected chi connectivity index (χ0v) is 11.9. The third-order valence-electron chi connectivity index (χ3n) is 2.77. The van der Waals surface area contributed by atoms with E-state index in [1.807, 2.05) is 29.9 Å². The number of ether oxygens (including phenoxy) is 1. The molecule has 0 saturated heterocycles. The van der Waals surface area contributed by atoms with Crippen LogP contribution in [0.1, 0.15) is 15.6 Å². The zero-order valence-electron chi connectivity index (χ0n) is 11.0. The molecule has 0 bridgehead atoms. The van der Waals surface area contributed by atoms with Gasteiger partial charge >= 0.3 is 5.97 Å². The van der Waals surface area contributed by atoms with Gasteiger partial charge in [-0.25, -0.2) is 4.98 Å². The van der Waals surface area contributed by atoms with Crippen LogP contribution >= 0.6 is 11.3 Å². The molecular formula is C13H17N3O2S. The summed E-state index contributed by atoms with van der Waals surface area (Å²) in [4.78, 5) is 17.6. The van der Waals surface area contributed by atoms with E-state index in [0.29, 0.717) is 6.42 Å². The third kappa shape index (κ3) is 3.90. The molecule has 2 heterocycles. The number of aromatic nitrogens is 2. The van der Waals surface area contributed by atoms with E-state index in [9.17, 15) is 4.79 Å². The predicted molar refractivity (Wildman–Crippen MR) is 73.8 cm³/mol. The van der Waals surface area contributed by atoms with Crippen molar-refractivity contribution in [2.24, 2.45) is 7.05 Å². The molecule has 0 radical (unpaired) electrons. The lowest BCUT2D eigenvalue weighted by Gasteiger charge is -2.03. The lowest BCUT2D eigenvalue weighted by Crippen LogP contribution is -2.14. The van der Waals surface area contributed by atoms with Crippen LogP contribution in [0.3, 0.4) is 0 Å². The van der Waals surface area contributed by atoms with Crippen molar-refractivity contribution >= 4 is 17.3 Å². The Bertz CT molecular complexity index is 548. The third-order valence-corrected chi connectivity index (χ3v) is 3.85. The first kappa shape index (κ1) is 13.8. The quantitative estimate of drug-likeness (QED) is 0.814. The highest BCUT2D eigenvalue weighted by Crippen LogP contribution is 2.17. The molecule has 2 rings (SSSR count). The van der Waals surface area contributed by atoms with Gasteiger partial charge in [-0.2, -0.15) is 0 Å². The number of rotatable bonds is 6. The average Bonchev–Trinajstić information content (AvgIpc) is 3.00. The molecular weight excluding hydrogens is 262 g/mol. The molecule has 0 atom stereocenters.